The molecular formula is C15H22N2O. The summed E-state index contributed by atoms with van der Waals surface area (Å²) in [5.41, 5.74) is 8.98. The molecule has 98 valence electrons. The van der Waals surface area contributed by atoms with Crippen molar-refractivity contribution in [1.29, 1.82) is 0 Å². The Morgan fingerprint density at radius 3 is 2.50 bits per heavy atom. The number of amides is 1. The predicted molar refractivity (Wildman–Crippen MR) is 73.6 cm³/mol. The SMILES string of the molecule is Cc1ccc(C)c(C(=O)N2CC(N)(C(C)C)C2)c1. The summed E-state index contributed by atoms with van der Waals surface area (Å²) in [6.45, 7) is 9.53. The van der Waals surface area contributed by atoms with Crippen molar-refractivity contribution >= 4 is 5.91 Å². The standard InChI is InChI=1S/C15H22N2O/c1-10(2)15(16)8-17(9-15)14(18)13-7-11(3)5-6-12(13)4/h5-7,10H,8-9,16H2,1-4H3. The molecule has 1 aromatic rings. The summed E-state index contributed by atoms with van der Waals surface area (Å²) < 4.78 is 0. The monoisotopic (exact) mass is 246 g/mol. The third-order valence-corrected chi connectivity index (χ3v) is 4.03. The van der Waals surface area contributed by atoms with Crippen molar-refractivity contribution < 1.29 is 4.79 Å². The van der Waals surface area contributed by atoms with E-state index in [0.717, 1.165) is 16.7 Å². The molecule has 0 bridgehead atoms. The van der Waals surface area contributed by atoms with Crippen LogP contribution >= 0.6 is 0 Å². The number of hydrogen-bond acceptors (Lipinski definition) is 2. The molecule has 2 rings (SSSR count). The number of hydrogen-bond donors (Lipinski definition) is 1. The number of aryl methyl sites for hydroxylation is 2. The van der Waals surface area contributed by atoms with E-state index in [-0.39, 0.29) is 11.4 Å². The Morgan fingerprint density at radius 2 is 1.94 bits per heavy atom. The Bertz CT molecular complexity index is 473. The smallest absolute Gasteiger partial charge is 0.254 e. The molecule has 18 heavy (non-hydrogen) atoms. The van der Waals surface area contributed by atoms with Crippen LogP contribution in [0, 0.1) is 19.8 Å². The Morgan fingerprint density at radius 1 is 1.33 bits per heavy atom. The van der Waals surface area contributed by atoms with Gasteiger partial charge in [-0.15, -0.1) is 0 Å². The topological polar surface area (TPSA) is 46.3 Å². The first-order valence-corrected chi connectivity index (χ1v) is 6.49. The summed E-state index contributed by atoms with van der Waals surface area (Å²) in [6.07, 6.45) is 0. The third-order valence-electron chi connectivity index (χ3n) is 4.03. The molecular weight excluding hydrogens is 224 g/mol. The van der Waals surface area contributed by atoms with Gasteiger partial charge in [0.15, 0.2) is 0 Å². The molecule has 1 fully saturated rings. The number of nitrogens with zero attached hydrogens (tertiary/aromatic N) is 1. The second-order valence-electron chi connectivity index (χ2n) is 5.87. The largest absolute Gasteiger partial charge is 0.335 e. The van der Waals surface area contributed by atoms with E-state index < -0.39 is 0 Å². The molecule has 1 aliphatic rings. The number of rotatable bonds is 2. The highest BCUT2D eigenvalue weighted by atomic mass is 16.2. The highest BCUT2D eigenvalue weighted by molar-refractivity contribution is 5.96. The summed E-state index contributed by atoms with van der Waals surface area (Å²) >= 11 is 0. The van der Waals surface area contributed by atoms with Crippen LogP contribution in [0.2, 0.25) is 0 Å². The maximum Gasteiger partial charge on any atom is 0.254 e. The lowest BCUT2D eigenvalue weighted by atomic mass is 9.80. The fraction of sp³-hybridized carbons (Fsp3) is 0.533. The van der Waals surface area contributed by atoms with Gasteiger partial charge in [0.1, 0.15) is 0 Å². The lowest BCUT2D eigenvalue weighted by molar-refractivity contribution is 0.0274. The maximum atomic E-state index is 12.4. The van der Waals surface area contributed by atoms with E-state index in [0.29, 0.717) is 19.0 Å². The van der Waals surface area contributed by atoms with Crippen molar-refractivity contribution in [3.63, 3.8) is 0 Å². The van der Waals surface area contributed by atoms with Crippen molar-refractivity contribution in [2.75, 3.05) is 13.1 Å². The van der Waals surface area contributed by atoms with Crippen molar-refractivity contribution in [1.82, 2.24) is 4.90 Å². The molecule has 1 aromatic carbocycles. The molecule has 1 saturated heterocycles. The molecule has 0 radical (unpaired) electrons. The van der Waals surface area contributed by atoms with Gasteiger partial charge in [0, 0.05) is 18.7 Å². The minimum absolute atomic E-state index is 0.109. The zero-order valence-corrected chi connectivity index (χ0v) is 11.7. The number of benzene rings is 1. The molecule has 0 saturated carbocycles. The summed E-state index contributed by atoms with van der Waals surface area (Å²) in [4.78, 5) is 14.2. The lowest BCUT2D eigenvalue weighted by Crippen LogP contribution is -2.71. The van der Waals surface area contributed by atoms with Crippen molar-refractivity contribution in [3.8, 4) is 0 Å². The van der Waals surface area contributed by atoms with E-state index >= 15 is 0 Å². The molecule has 0 atom stereocenters. The predicted octanol–water partition coefficient (Wildman–Crippen LogP) is 2.11. The molecule has 3 heteroatoms. The van der Waals surface area contributed by atoms with Crippen LogP contribution in [-0.2, 0) is 0 Å². The van der Waals surface area contributed by atoms with Gasteiger partial charge in [0.05, 0.1) is 5.54 Å². The van der Waals surface area contributed by atoms with Crippen molar-refractivity contribution in [2.24, 2.45) is 11.7 Å². The van der Waals surface area contributed by atoms with Crippen LogP contribution in [0.5, 0.6) is 0 Å². The number of carbonyl (C=O) groups is 1. The zero-order valence-electron chi connectivity index (χ0n) is 11.7. The van der Waals surface area contributed by atoms with Gasteiger partial charge >= 0.3 is 0 Å². The van der Waals surface area contributed by atoms with Crippen LogP contribution in [0.15, 0.2) is 18.2 Å². The Labute approximate surface area is 109 Å². The normalized spacial score (nSPS) is 17.8. The second kappa shape index (κ2) is 4.39. The first kappa shape index (κ1) is 13.1. The first-order chi connectivity index (χ1) is 8.33. The first-order valence-electron chi connectivity index (χ1n) is 6.49. The number of nitrogens with two attached hydrogens (primary N) is 1. The average molecular weight is 246 g/mol. The zero-order chi connectivity index (χ0) is 13.5. The van der Waals surface area contributed by atoms with E-state index in [1.165, 1.54) is 0 Å². The lowest BCUT2D eigenvalue weighted by Gasteiger charge is -2.50. The maximum absolute atomic E-state index is 12.4. The van der Waals surface area contributed by atoms with Gasteiger partial charge in [0.2, 0.25) is 0 Å². The van der Waals surface area contributed by atoms with E-state index in [2.05, 4.69) is 13.8 Å². The molecule has 2 N–H and O–H groups in total. The third kappa shape index (κ3) is 2.15. The van der Waals surface area contributed by atoms with Crippen LogP contribution in [0.3, 0.4) is 0 Å². The van der Waals surface area contributed by atoms with Gasteiger partial charge in [-0.3, -0.25) is 4.79 Å². The summed E-state index contributed by atoms with van der Waals surface area (Å²) in [6, 6.07) is 5.99. The molecule has 3 nitrogen and oxygen atoms in total. The van der Waals surface area contributed by atoms with Crippen molar-refractivity contribution in [2.45, 2.75) is 33.2 Å². The molecule has 0 unspecified atom stereocenters. The fourth-order valence-electron chi connectivity index (χ4n) is 2.31. The quantitative estimate of drug-likeness (QED) is 0.868. The van der Waals surface area contributed by atoms with E-state index in [9.17, 15) is 4.79 Å². The van der Waals surface area contributed by atoms with Gasteiger partial charge in [-0.2, -0.15) is 0 Å². The highest BCUT2D eigenvalue weighted by Gasteiger charge is 2.44. The van der Waals surface area contributed by atoms with Crippen molar-refractivity contribution in [3.05, 3.63) is 34.9 Å². The minimum Gasteiger partial charge on any atom is -0.335 e. The molecule has 0 aliphatic carbocycles. The van der Waals surface area contributed by atoms with Gasteiger partial charge in [-0.05, 0) is 31.4 Å². The number of likely N-dealkylation sites (tertiary alicyclic amines) is 1. The van der Waals surface area contributed by atoms with Gasteiger partial charge < -0.3 is 10.6 Å². The Hall–Kier alpha value is -1.35. The van der Waals surface area contributed by atoms with Crippen LogP contribution in [-0.4, -0.2) is 29.4 Å². The molecule has 1 heterocycles. The Balaban J connectivity index is 2.13. The van der Waals surface area contributed by atoms with Crippen LogP contribution in [0.4, 0.5) is 0 Å². The Kier molecular flexibility index (Phi) is 3.20. The molecule has 0 aromatic heterocycles. The fourth-order valence-corrected chi connectivity index (χ4v) is 2.31. The van der Waals surface area contributed by atoms with Gasteiger partial charge in [-0.25, -0.2) is 0 Å². The van der Waals surface area contributed by atoms with Crippen LogP contribution in [0.1, 0.15) is 35.3 Å². The molecule has 0 spiro atoms. The molecule has 1 aliphatic heterocycles. The highest BCUT2D eigenvalue weighted by Crippen LogP contribution is 2.28. The summed E-state index contributed by atoms with van der Waals surface area (Å²) in [5, 5.41) is 0. The summed E-state index contributed by atoms with van der Waals surface area (Å²) in [7, 11) is 0. The van der Waals surface area contributed by atoms with Crippen LogP contribution < -0.4 is 5.73 Å². The van der Waals surface area contributed by atoms with Gasteiger partial charge in [-0.1, -0.05) is 31.5 Å². The second-order valence-corrected chi connectivity index (χ2v) is 5.87. The van der Waals surface area contributed by atoms with Crippen LogP contribution in [0.25, 0.3) is 0 Å². The van der Waals surface area contributed by atoms with Gasteiger partial charge in [0.25, 0.3) is 5.91 Å². The minimum atomic E-state index is -0.201. The average Bonchev–Trinajstić information content (AvgIpc) is 2.27. The van der Waals surface area contributed by atoms with E-state index in [4.69, 9.17) is 5.73 Å². The van der Waals surface area contributed by atoms with E-state index in [1.807, 2.05) is 36.9 Å². The molecule has 1 amide bonds. The number of carbonyl (C=O) groups excluding carboxylic acids is 1. The summed E-state index contributed by atoms with van der Waals surface area (Å²) in [5.74, 6) is 0.512. The van der Waals surface area contributed by atoms with E-state index in [1.54, 1.807) is 0 Å².